The fraction of sp³-hybridized carbons (Fsp3) is 0.353. The first-order valence-electron chi connectivity index (χ1n) is 7.60. The Morgan fingerprint density at radius 2 is 1.91 bits per heavy atom. The number of piperidine rings is 1. The molecule has 2 aromatic rings. The molecule has 1 saturated heterocycles. The number of hydrogen-bond acceptors (Lipinski definition) is 3. The van der Waals surface area contributed by atoms with E-state index in [2.05, 4.69) is 4.98 Å². The fourth-order valence-electron chi connectivity index (χ4n) is 3.01. The minimum Gasteiger partial charge on any atom is -0.264 e. The number of aromatic nitrogens is 1. The summed E-state index contributed by atoms with van der Waals surface area (Å²) in [7, 11) is -3.33. The average Bonchev–Trinajstić information content (AvgIpc) is 2.56. The maximum atomic E-state index is 12.8. The van der Waals surface area contributed by atoms with E-state index in [1.807, 2.05) is 42.5 Å². The lowest BCUT2D eigenvalue weighted by Crippen LogP contribution is -2.39. The van der Waals surface area contributed by atoms with Gasteiger partial charge in [0.05, 0.1) is 11.8 Å². The zero-order chi connectivity index (χ0) is 15.4. The fourth-order valence-corrected chi connectivity index (χ4v) is 4.81. The van der Waals surface area contributed by atoms with E-state index in [0.29, 0.717) is 6.54 Å². The Hall–Kier alpha value is -1.72. The van der Waals surface area contributed by atoms with Gasteiger partial charge in [-0.1, -0.05) is 42.8 Å². The number of rotatable bonds is 4. The van der Waals surface area contributed by atoms with Crippen LogP contribution in [0.1, 0.15) is 36.4 Å². The highest BCUT2D eigenvalue weighted by Gasteiger charge is 2.33. The summed E-state index contributed by atoms with van der Waals surface area (Å²) in [4.78, 5) is 4.14. The SMILES string of the molecule is O=S(=O)(Cc1ccccc1)N1CCCCC1c1cccnc1. The summed E-state index contributed by atoms with van der Waals surface area (Å²) in [6, 6.07) is 13.1. The summed E-state index contributed by atoms with van der Waals surface area (Å²) in [5, 5.41) is 0. The summed E-state index contributed by atoms with van der Waals surface area (Å²) >= 11 is 0. The van der Waals surface area contributed by atoms with E-state index in [1.165, 1.54) is 0 Å². The van der Waals surface area contributed by atoms with Gasteiger partial charge in [0.25, 0.3) is 0 Å². The number of pyridine rings is 1. The summed E-state index contributed by atoms with van der Waals surface area (Å²) in [6.07, 6.45) is 6.33. The van der Waals surface area contributed by atoms with Crippen molar-refractivity contribution in [1.82, 2.24) is 9.29 Å². The second-order valence-corrected chi connectivity index (χ2v) is 7.57. The summed E-state index contributed by atoms with van der Waals surface area (Å²) in [5.74, 6) is 0.0601. The molecule has 0 saturated carbocycles. The Balaban J connectivity index is 1.87. The second-order valence-electron chi connectivity index (χ2n) is 5.65. The first kappa shape index (κ1) is 15.2. The maximum Gasteiger partial charge on any atom is 0.218 e. The van der Waals surface area contributed by atoms with Crippen molar-refractivity contribution in [3.63, 3.8) is 0 Å². The third kappa shape index (κ3) is 3.36. The summed E-state index contributed by atoms with van der Waals surface area (Å²) in [5.41, 5.74) is 1.82. The van der Waals surface area contributed by atoms with Crippen molar-refractivity contribution in [3.05, 3.63) is 66.0 Å². The average molecular weight is 316 g/mol. The van der Waals surface area contributed by atoms with Gasteiger partial charge in [0, 0.05) is 18.9 Å². The molecule has 0 spiro atoms. The molecule has 0 aliphatic carbocycles. The van der Waals surface area contributed by atoms with Crippen LogP contribution in [0.5, 0.6) is 0 Å². The highest BCUT2D eigenvalue weighted by molar-refractivity contribution is 7.88. The molecule has 1 aromatic carbocycles. The zero-order valence-corrected chi connectivity index (χ0v) is 13.2. The van der Waals surface area contributed by atoms with Gasteiger partial charge in [0.15, 0.2) is 0 Å². The van der Waals surface area contributed by atoms with Gasteiger partial charge in [0.1, 0.15) is 0 Å². The van der Waals surface area contributed by atoms with E-state index in [9.17, 15) is 8.42 Å². The van der Waals surface area contributed by atoms with Gasteiger partial charge < -0.3 is 0 Å². The number of hydrogen-bond donors (Lipinski definition) is 0. The molecule has 22 heavy (non-hydrogen) atoms. The number of sulfonamides is 1. The Morgan fingerprint density at radius 1 is 1.09 bits per heavy atom. The maximum absolute atomic E-state index is 12.8. The van der Waals surface area contributed by atoms with Crippen LogP contribution in [0, 0.1) is 0 Å². The lowest BCUT2D eigenvalue weighted by atomic mass is 9.99. The minimum atomic E-state index is -3.33. The van der Waals surface area contributed by atoms with E-state index < -0.39 is 10.0 Å². The van der Waals surface area contributed by atoms with Crippen molar-refractivity contribution in [2.24, 2.45) is 0 Å². The molecule has 4 nitrogen and oxygen atoms in total. The van der Waals surface area contributed by atoms with Gasteiger partial charge in [-0.15, -0.1) is 0 Å². The predicted octanol–water partition coefficient (Wildman–Crippen LogP) is 3.14. The molecule has 1 aromatic heterocycles. The highest BCUT2D eigenvalue weighted by atomic mass is 32.2. The van der Waals surface area contributed by atoms with Gasteiger partial charge in [0.2, 0.25) is 10.0 Å². The molecule has 3 rings (SSSR count). The molecule has 1 aliphatic rings. The van der Waals surface area contributed by atoms with Crippen LogP contribution in [0.3, 0.4) is 0 Å². The molecule has 1 unspecified atom stereocenters. The van der Waals surface area contributed by atoms with Crippen LogP contribution in [0.4, 0.5) is 0 Å². The van der Waals surface area contributed by atoms with Crippen LogP contribution >= 0.6 is 0 Å². The zero-order valence-electron chi connectivity index (χ0n) is 12.4. The third-order valence-corrected chi connectivity index (χ3v) is 5.92. The molecule has 116 valence electrons. The number of benzene rings is 1. The quantitative estimate of drug-likeness (QED) is 0.870. The van der Waals surface area contributed by atoms with Crippen LogP contribution in [0.15, 0.2) is 54.9 Å². The van der Waals surface area contributed by atoms with Crippen LogP contribution in [-0.4, -0.2) is 24.3 Å². The number of nitrogens with zero attached hydrogens (tertiary/aromatic N) is 2. The second kappa shape index (κ2) is 6.58. The van der Waals surface area contributed by atoms with Crippen LogP contribution in [0.25, 0.3) is 0 Å². The molecular weight excluding hydrogens is 296 g/mol. The molecular formula is C17H20N2O2S. The molecule has 1 atom stereocenters. The van der Waals surface area contributed by atoms with E-state index in [-0.39, 0.29) is 11.8 Å². The standard InChI is InChI=1S/C17H20N2O2S/c20-22(21,14-15-7-2-1-3-8-15)19-12-5-4-10-17(19)16-9-6-11-18-13-16/h1-3,6-9,11,13,17H,4-5,10,12,14H2. The lowest BCUT2D eigenvalue weighted by molar-refractivity contribution is 0.255. The largest absolute Gasteiger partial charge is 0.264 e. The molecule has 0 bridgehead atoms. The van der Waals surface area contributed by atoms with Gasteiger partial charge >= 0.3 is 0 Å². The minimum absolute atomic E-state index is 0.0601. The molecule has 0 amide bonds. The molecule has 0 radical (unpaired) electrons. The summed E-state index contributed by atoms with van der Waals surface area (Å²) in [6.45, 7) is 0.592. The molecule has 1 aliphatic heterocycles. The van der Waals surface area contributed by atoms with Crippen LogP contribution in [-0.2, 0) is 15.8 Å². The van der Waals surface area contributed by atoms with Gasteiger partial charge in [-0.3, -0.25) is 4.98 Å². The Kier molecular flexibility index (Phi) is 4.55. The Bertz CT molecular complexity index is 702. The Labute approximate surface area is 131 Å². The van der Waals surface area contributed by atoms with Crippen molar-refractivity contribution in [2.75, 3.05) is 6.54 Å². The van der Waals surface area contributed by atoms with Crippen molar-refractivity contribution in [3.8, 4) is 0 Å². The molecule has 0 N–H and O–H groups in total. The van der Waals surface area contributed by atoms with E-state index in [0.717, 1.165) is 30.4 Å². The third-order valence-electron chi connectivity index (χ3n) is 4.07. The Morgan fingerprint density at radius 3 is 2.64 bits per heavy atom. The highest BCUT2D eigenvalue weighted by Crippen LogP contribution is 2.33. The van der Waals surface area contributed by atoms with Crippen molar-refractivity contribution in [1.29, 1.82) is 0 Å². The topological polar surface area (TPSA) is 50.3 Å². The van der Waals surface area contributed by atoms with Crippen LogP contribution in [0.2, 0.25) is 0 Å². The van der Waals surface area contributed by atoms with Crippen molar-refractivity contribution in [2.45, 2.75) is 31.1 Å². The van der Waals surface area contributed by atoms with Crippen molar-refractivity contribution < 1.29 is 8.42 Å². The monoisotopic (exact) mass is 316 g/mol. The van der Waals surface area contributed by atoms with Crippen molar-refractivity contribution >= 4 is 10.0 Å². The first-order valence-corrected chi connectivity index (χ1v) is 9.21. The van der Waals surface area contributed by atoms with E-state index >= 15 is 0 Å². The van der Waals surface area contributed by atoms with Gasteiger partial charge in [-0.05, 0) is 30.0 Å². The first-order chi connectivity index (χ1) is 10.7. The van der Waals surface area contributed by atoms with Gasteiger partial charge in [-0.2, -0.15) is 4.31 Å². The molecule has 5 heteroatoms. The predicted molar refractivity (Wildman–Crippen MR) is 86.6 cm³/mol. The van der Waals surface area contributed by atoms with E-state index in [1.54, 1.807) is 16.7 Å². The van der Waals surface area contributed by atoms with E-state index in [4.69, 9.17) is 0 Å². The van der Waals surface area contributed by atoms with Crippen LogP contribution < -0.4 is 0 Å². The molecule has 1 fully saturated rings. The van der Waals surface area contributed by atoms with Gasteiger partial charge in [-0.25, -0.2) is 8.42 Å². The normalized spacial score (nSPS) is 19.9. The smallest absolute Gasteiger partial charge is 0.218 e. The molecule has 2 heterocycles. The summed E-state index contributed by atoms with van der Waals surface area (Å²) < 4.78 is 27.4. The lowest BCUT2D eigenvalue weighted by Gasteiger charge is -2.34.